The number of carbonyl (C=O) groups is 1. The van der Waals surface area contributed by atoms with Gasteiger partial charge in [-0.05, 0) is 5.21 Å². The Kier molecular flexibility index (Phi) is 1.67. The van der Waals surface area contributed by atoms with E-state index >= 15 is 0 Å². The molecule has 0 aliphatic rings. The van der Waals surface area contributed by atoms with Crippen LogP contribution >= 0.6 is 0 Å². The molecule has 2 heterocycles. The lowest BCUT2D eigenvalue weighted by Crippen LogP contribution is -2.13. The van der Waals surface area contributed by atoms with E-state index in [9.17, 15) is 4.79 Å². The molecular weight excluding hydrogens is 176 g/mol. The Bertz CT molecular complexity index is 376. The van der Waals surface area contributed by atoms with Crippen LogP contribution in [0.1, 0.15) is 10.5 Å². The van der Waals surface area contributed by atoms with Crippen LogP contribution in [0.3, 0.4) is 0 Å². The maximum absolute atomic E-state index is 11.2. The van der Waals surface area contributed by atoms with E-state index in [1.165, 1.54) is 6.20 Å². The van der Waals surface area contributed by atoms with Crippen molar-refractivity contribution in [3.05, 3.63) is 11.9 Å². The molecule has 0 unspecified atom stereocenters. The zero-order valence-corrected chi connectivity index (χ0v) is 6.22. The number of anilines is 1. The van der Waals surface area contributed by atoms with Gasteiger partial charge in [-0.2, -0.15) is 20.6 Å². The summed E-state index contributed by atoms with van der Waals surface area (Å²) in [5, 5.41) is 24.2. The predicted octanol–water partition coefficient (Wildman–Crippen LogP) is -1.43. The molecule has 0 aromatic carbocycles. The second-order valence-corrected chi connectivity index (χ2v) is 2.04. The van der Waals surface area contributed by atoms with Crippen molar-refractivity contribution in [3.8, 4) is 0 Å². The lowest BCUT2D eigenvalue weighted by molar-refractivity contribution is 0.102. The van der Waals surface area contributed by atoms with Gasteiger partial charge in [0.15, 0.2) is 5.69 Å². The van der Waals surface area contributed by atoms with Gasteiger partial charge in [0, 0.05) is 0 Å². The number of nitrogens with one attached hydrogen (secondary N) is 3. The quantitative estimate of drug-likeness (QED) is 0.520. The molecule has 0 aliphatic heterocycles. The van der Waals surface area contributed by atoms with Crippen LogP contribution in [-0.4, -0.2) is 41.9 Å². The van der Waals surface area contributed by atoms with Gasteiger partial charge in [0.05, 0.1) is 6.20 Å². The van der Waals surface area contributed by atoms with Gasteiger partial charge in [-0.25, -0.2) is 0 Å². The van der Waals surface area contributed by atoms with Gasteiger partial charge in [-0.15, -0.1) is 5.10 Å². The molecule has 66 valence electrons. The summed E-state index contributed by atoms with van der Waals surface area (Å²) in [7, 11) is 0. The molecule has 2 aromatic heterocycles. The first kappa shape index (κ1) is 7.34. The highest BCUT2D eigenvalue weighted by Gasteiger charge is 2.10. The van der Waals surface area contributed by atoms with Crippen molar-refractivity contribution in [1.29, 1.82) is 0 Å². The molecule has 3 N–H and O–H groups in total. The fraction of sp³-hybridized carbons (Fsp3) is 0. The largest absolute Gasteiger partial charge is 0.286 e. The SMILES string of the molecule is O=C(Nc1nn[nH]n1)c1cn[nH]n1. The van der Waals surface area contributed by atoms with E-state index in [2.05, 4.69) is 41.4 Å². The zero-order valence-electron chi connectivity index (χ0n) is 6.22. The maximum Gasteiger partial charge on any atom is 0.280 e. The molecule has 0 bridgehead atoms. The lowest BCUT2D eigenvalue weighted by Gasteiger charge is -1.92. The van der Waals surface area contributed by atoms with Gasteiger partial charge in [0.1, 0.15) is 0 Å². The fourth-order valence-corrected chi connectivity index (χ4v) is 0.691. The molecule has 1 amide bonds. The third-order valence-electron chi connectivity index (χ3n) is 1.22. The van der Waals surface area contributed by atoms with Crippen LogP contribution in [0, 0.1) is 0 Å². The number of aromatic nitrogens is 7. The van der Waals surface area contributed by atoms with Gasteiger partial charge in [0.25, 0.3) is 11.9 Å². The van der Waals surface area contributed by atoms with Crippen molar-refractivity contribution < 1.29 is 4.79 Å². The highest BCUT2D eigenvalue weighted by Crippen LogP contribution is 1.95. The van der Waals surface area contributed by atoms with E-state index in [0.717, 1.165) is 0 Å². The van der Waals surface area contributed by atoms with E-state index in [0.29, 0.717) is 0 Å². The molecule has 0 aliphatic carbocycles. The zero-order chi connectivity index (χ0) is 9.10. The molecule has 0 fully saturated rings. The van der Waals surface area contributed by atoms with Crippen LogP contribution in [-0.2, 0) is 0 Å². The predicted molar refractivity (Wildman–Crippen MR) is 38.5 cm³/mol. The van der Waals surface area contributed by atoms with E-state index in [1.807, 2.05) is 0 Å². The molecule has 13 heavy (non-hydrogen) atoms. The molecule has 0 saturated heterocycles. The van der Waals surface area contributed by atoms with Gasteiger partial charge in [0.2, 0.25) is 0 Å². The first-order valence-electron chi connectivity index (χ1n) is 3.27. The number of tetrazole rings is 1. The van der Waals surface area contributed by atoms with E-state index in [4.69, 9.17) is 0 Å². The summed E-state index contributed by atoms with van der Waals surface area (Å²) in [6.45, 7) is 0. The number of carbonyl (C=O) groups excluding carboxylic acids is 1. The van der Waals surface area contributed by atoms with E-state index in [-0.39, 0.29) is 11.6 Å². The van der Waals surface area contributed by atoms with Gasteiger partial charge >= 0.3 is 0 Å². The molecule has 2 aromatic rings. The minimum Gasteiger partial charge on any atom is -0.286 e. The second kappa shape index (κ2) is 2.97. The lowest BCUT2D eigenvalue weighted by atomic mass is 10.4. The number of aromatic amines is 2. The number of hydrogen-bond donors (Lipinski definition) is 3. The monoisotopic (exact) mass is 180 g/mol. The number of hydrogen-bond acceptors (Lipinski definition) is 6. The van der Waals surface area contributed by atoms with Crippen molar-refractivity contribution in [2.24, 2.45) is 0 Å². The molecule has 2 rings (SSSR count). The van der Waals surface area contributed by atoms with Crippen molar-refractivity contribution in [2.45, 2.75) is 0 Å². The molecule has 0 radical (unpaired) electrons. The third-order valence-corrected chi connectivity index (χ3v) is 1.22. The summed E-state index contributed by atoms with van der Waals surface area (Å²) in [6.07, 6.45) is 1.29. The Morgan fingerprint density at radius 2 is 2.31 bits per heavy atom. The average molecular weight is 180 g/mol. The smallest absolute Gasteiger partial charge is 0.280 e. The Morgan fingerprint density at radius 3 is 2.92 bits per heavy atom. The first-order valence-corrected chi connectivity index (χ1v) is 3.27. The summed E-state index contributed by atoms with van der Waals surface area (Å²) in [5.74, 6) is -0.358. The highest BCUT2D eigenvalue weighted by atomic mass is 16.2. The standard InChI is InChI=1S/C4H4N8O/c13-3(2-1-5-10-7-2)6-4-8-11-12-9-4/h1H,(H,5,7,10)(H2,6,8,9,11,12,13). The van der Waals surface area contributed by atoms with Crippen LogP contribution in [0.2, 0.25) is 0 Å². The van der Waals surface area contributed by atoms with E-state index < -0.39 is 5.91 Å². The molecule has 0 atom stereocenters. The first-order chi connectivity index (χ1) is 6.36. The van der Waals surface area contributed by atoms with Gasteiger partial charge in [-0.3, -0.25) is 10.1 Å². The van der Waals surface area contributed by atoms with Crippen LogP contribution < -0.4 is 5.32 Å². The Balaban J connectivity index is 2.08. The summed E-state index contributed by atoms with van der Waals surface area (Å²) in [5.41, 5.74) is 0.157. The molecule has 0 spiro atoms. The minimum atomic E-state index is -0.449. The van der Waals surface area contributed by atoms with Gasteiger partial charge < -0.3 is 0 Å². The molecular formula is C4H4N8O. The van der Waals surface area contributed by atoms with Crippen molar-refractivity contribution in [3.63, 3.8) is 0 Å². The highest BCUT2D eigenvalue weighted by molar-refractivity contribution is 6.01. The summed E-state index contributed by atoms with van der Waals surface area (Å²) in [4.78, 5) is 11.2. The fourth-order valence-electron chi connectivity index (χ4n) is 0.691. The molecule has 9 nitrogen and oxygen atoms in total. The second-order valence-electron chi connectivity index (χ2n) is 2.04. The Morgan fingerprint density at radius 1 is 1.38 bits per heavy atom. The van der Waals surface area contributed by atoms with Crippen molar-refractivity contribution in [2.75, 3.05) is 5.32 Å². The summed E-state index contributed by atoms with van der Waals surface area (Å²) in [6, 6.07) is 0. The molecule has 0 saturated carbocycles. The Labute approximate surface area is 70.9 Å². The van der Waals surface area contributed by atoms with Crippen LogP contribution in [0.15, 0.2) is 6.20 Å². The number of H-pyrrole nitrogens is 2. The summed E-state index contributed by atoms with van der Waals surface area (Å²) < 4.78 is 0. The normalized spacial score (nSPS) is 9.85. The average Bonchev–Trinajstić information content (AvgIpc) is 2.74. The molecule has 9 heteroatoms. The summed E-state index contributed by atoms with van der Waals surface area (Å²) >= 11 is 0. The Hall–Kier alpha value is -2.32. The minimum absolute atomic E-state index is 0.0907. The number of rotatable bonds is 2. The van der Waals surface area contributed by atoms with Crippen LogP contribution in [0.4, 0.5) is 5.95 Å². The van der Waals surface area contributed by atoms with Crippen molar-refractivity contribution in [1.82, 2.24) is 36.0 Å². The third kappa shape index (κ3) is 1.47. The van der Waals surface area contributed by atoms with Crippen molar-refractivity contribution >= 4 is 11.9 Å². The van der Waals surface area contributed by atoms with Crippen LogP contribution in [0.25, 0.3) is 0 Å². The topological polar surface area (TPSA) is 125 Å². The number of amides is 1. The van der Waals surface area contributed by atoms with Gasteiger partial charge in [-0.1, -0.05) is 5.10 Å². The maximum atomic E-state index is 11.2. The van der Waals surface area contributed by atoms with Crippen LogP contribution in [0.5, 0.6) is 0 Å². The van der Waals surface area contributed by atoms with E-state index in [1.54, 1.807) is 0 Å². The number of nitrogens with zero attached hydrogens (tertiary/aromatic N) is 5.